The van der Waals surface area contributed by atoms with Crippen molar-refractivity contribution in [3.05, 3.63) is 46.2 Å². The molecule has 2 aliphatic carbocycles. The maximum absolute atomic E-state index is 13.8. The van der Waals surface area contributed by atoms with Crippen LogP contribution in [0, 0.1) is 23.5 Å². The zero-order valence-corrected chi connectivity index (χ0v) is 21.7. The Morgan fingerprint density at radius 2 is 1.84 bits per heavy atom. The number of aliphatic hydroxyl groups excluding tert-OH is 1. The van der Waals surface area contributed by atoms with Crippen molar-refractivity contribution in [3.8, 4) is 0 Å². The van der Waals surface area contributed by atoms with Gasteiger partial charge < -0.3 is 20.1 Å². The lowest BCUT2D eigenvalue weighted by Gasteiger charge is -2.40. The highest BCUT2D eigenvalue weighted by atomic mass is 35.5. The minimum Gasteiger partial charge on any atom is -0.393 e. The number of benzene rings is 1. The molecule has 12 heteroatoms. The van der Waals surface area contributed by atoms with E-state index in [2.05, 4.69) is 10.0 Å². The Kier molecular flexibility index (Phi) is 7.12. The molecule has 1 aromatic carbocycles. The quantitative estimate of drug-likeness (QED) is 0.433. The molecule has 2 bridgehead atoms. The summed E-state index contributed by atoms with van der Waals surface area (Å²) in [6, 6.07) is 2.54. The highest BCUT2D eigenvalue weighted by Gasteiger charge is 2.50. The number of anilines is 1. The molecule has 2 atom stereocenters. The molecule has 1 aliphatic heterocycles. The molecule has 2 unspecified atom stereocenters. The monoisotopic (exact) mass is 557 g/mol. The van der Waals surface area contributed by atoms with Crippen LogP contribution in [0.15, 0.2) is 23.1 Å². The maximum atomic E-state index is 13.8. The number of halogens is 3. The number of nitrogens with zero attached hydrogens (tertiary/aromatic N) is 1. The van der Waals surface area contributed by atoms with Gasteiger partial charge in [-0.25, -0.2) is 21.9 Å². The summed E-state index contributed by atoms with van der Waals surface area (Å²) in [7, 11) is -4.15. The molecular formula is C25H30ClF2N3O5S. The molecule has 1 amide bonds. The lowest BCUT2D eigenvalue weighted by Crippen LogP contribution is -2.51. The number of carbonyl (C=O) groups excluding carboxylic acids is 1. The fourth-order valence-corrected chi connectivity index (χ4v) is 8.67. The minimum absolute atomic E-state index is 0.0156. The largest absolute Gasteiger partial charge is 0.393 e. The smallest absolute Gasteiger partial charge is 0.273 e. The third kappa shape index (κ3) is 4.92. The summed E-state index contributed by atoms with van der Waals surface area (Å²) in [6.07, 6.45) is 4.80. The van der Waals surface area contributed by atoms with Crippen molar-refractivity contribution >= 4 is 33.2 Å². The van der Waals surface area contributed by atoms with Crippen LogP contribution in [-0.4, -0.2) is 47.4 Å². The Labute approximate surface area is 219 Å². The van der Waals surface area contributed by atoms with Crippen LogP contribution in [0.2, 0.25) is 5.02 Å². The molecule has 0 spiro atoms. The van der Waals surface area contributed by atoms with E-state index in [-0.39, 0.29) is 39.7 Å². The third-order valence-corrected chi connectivity index (χ3v) is 10.1. The molecule has 3 aliphatic rings. The molecule has 4 N–H and O–H groups in total. The van der Waals surface area contributed by atoms with E-state index in [9.17, 15) is 32.2 Å². The molecular weight excluding hydrogens is 528 g/mol. The van der Waals surface area contributed by atoms with E-state index >= 15 is 0 Å². The molecule has 2 aromatic rings. The van der Waals surface area contributed by atoms with Crippen LogP contribution in [0.25, 0.3) is 0 Å². The van der Waals surface area contributed by atoms with Crippen LogP contribution in [0.5, 0.6) is 0 Å². The van der Waals surface area contributed by atoms with Gasteiger partial charge in [-0.15, -0.1) is 0 Å². The summed E-state index contributed by atoms with van der Waals surface area (Å²) >= 11 is 6.64. The first-order chi connectivity index (χ1) is 17.5. The molecule has 2 saturated carbocycles. The molecule has 2 fully saturated rings. The summed E-state index contributed by atoms with van der Waals surface area (Å²) in [5, 5.41) is 22.5. The number of sulfonamides is 1. The Morgan fingerprint density at radius 3 is 2.49 bits per heavy atom. The van der Waals surface area contributed by atoms with Gasteiger partial charge in [0.25, 0.3) is 5.91 Å². The molecule has 37 heavy (non-hydrogen) atoms. The lowest BCUT2D eigenvalue weighted by atomic mass is 9.75. The van der Waals surface area contributed by atoms with Gasteiger partial charge in [0.1, 0.15) is 10.6 Å². The van der Waals surface area contributed by atoms with Crippen LogP contribution in [0.1, 0.15) is 61.1 Å². The number of fused-ring (bicyclic) bond motifs is 3. The number of aliphatic hydroxyl groups is 2. The summed E-state index contributed by atoms with van der Waals surface area (Å²) in [5.41, 5.74) is -0.781. The Balaban J connectivity index is 1.49. The highest BCUT2D eigenvalue weighted by molar-refractivity contribution is 7.89. The summed E-state index contributed by atoms with van der Waals surface area (Å²) in [4.78, 5) is 13.1. The van der Waals surface area contributed by atoms with Crippen molar-refractivity contribution < 1.29 is 32.2 Å². The lowest BCUT2D eigenvalue weighted by molar-refractivity contribution is -0.0672. The predicted molar refractivity (Wildman–Crippen MR) is 133 cm³/mol. The zero-order valence-electron chi connectivity index (χ0n) is 20.1. The van der Waals surface area contributed by atoms with E-state index in [1.807, 2.05) is 0 Å². The number of rotatable bonds is 6. The second-order valence-electron chi connectivity index (χ2n) is 10.5. The van der Waals surface area contributed by atoms with Crippen LogP contribution in [0.3, 0.4) is 0 Å². The van der Waals surface area contributed by atoms with Gasteiger partial charge in [0.2, 0.25) is 10.0 Å². The summed E-state index contributed by atoms with van der Waals surface area (Å²) < 4.78 is 59.0. The molecule has 0 saturated heterocycles. The SMILES string of the molecule is O=C(Nc1ccc(F)c(F)c1)c1c(Cl)c(S(=O)(=O)NC2C3CCC2CC(O)(CO)C3)c2n1CCCCC2. The molecule has 0 radical (unpaired) electrons. The van der Waals surface area contributed by atoms with Gasteiger partial charge in [-0.05, 0) is 68.9 Å². The van der Waals surface area contributed by atoms with Gasteiger partial charge in [-0.3, -0.25) is 4.79 Å². The van der Waals surface area contributed by atoms with Crippen molar-refractivity contribution in [2.45, 2.75) is 74.4 Å². The van der Waals surface area contributed by atoms with E-state index < -0.39 is 39.2 Å². The zero-order chi connectivity index (χ0) is 26.5. The fourth-order valence-electron chi connectivity index (χ4n) is 6.35. The first kappa shape index (κ1) is 26.6. The van der Waals surface area contributed by atoms with E-state index in [1.165, 1.54) is 6.07 Å². The first-order valence-corrected chi connectivity index (χ1v) is 14.4. The second-order valence-corrected chi connectivity index (χ2v) is 12.5. The number of amides is 1. The van der Waals surface area contributed by atoms with E-state index in [0.717, 1.165) is 44.2 Å². The van der Waals surface area contributed by atoms with Gasteiger partial charge in [0.05, 0.1) is 17.2 Å². The number of hydrogen-bond donors (Lipinski definition) is 4. The molecule has 1 aromatic heterocycles. The van der Waals surface area contributed by atoms with Gasteiger partial charge in [0.15, 0.2) is 11.6 Å². The van der Waals surface area contributed by atoms with Crippen molar-refractivity contribution in [3.63, 3.8) is 0 Å². The van der Waals surface area contributed by atoms with Gasteiger partial charge >= 0.3 is 0 Å². The maximum Gasteiger partial charge on any atom is 0.273 e. The Hall–Kier alpha value is -2.05. The molecule has 5 rings (SSSR count). The Morgan fingerprint density at radius 1 is 1.14 bits per heavy atom. The van der Waals surface area contributed by atoms with Gasteiger partial charge in [-0.2, -0.15) is 0 Å². The molecule has 2 heterocycles. The highest BCUT2D eigenvalue weighted by Crippen LogP contribution is 2.47. The minimum atomic E-state index is -4.15. The van der Waals surface area contributed by atoms with Crippen LogP contribution < -0.4 is 10.0 Å². The number of carbonyl (C=O) groups is 1. The van der Waals surface area contributed by atoms with E-state index in [0.29, 0.717) is 31.5 Å². The van der Waals surface area contributed by atoms with Crippen LogP contribution in [0.4, 0.5) is 14.5 Å². The van der Waals surface area contributed by atoms with Crippen LogP contribution in [-0.2, 0) is 23.0 Å². The van der Waals surface area contributed by atoms with E-state index in [1.54, 1.807) is 4.57 Å². The average Bonchev–Trinajstić information content (AvgIpc) is 3.12. The van der Waals surface area contributed by atoms with Crippen LogP contribution >= 0.6 is 11.6 Å². The van der Waals surface area contributed by atoms with Crippen molar-refractivity contribution in [1.29, 1.82) is 0 Å². The fraction of sp³-hybridized carbons (Fsp3) is 0.560. The van der Waals surface area contributed by atoms with E-state index in [4.69, 9.17) is 11.6 Å². The second kappa shape index (κ2) is 9.92. The predicted octanol–water partition coefficient (Wildman–Crippen LogP) is 3.59. The average molecular weight is 558 g/mol. The normalized spacial score (nSPS) is 27.5. The molecule has 8 nitrogen and oxygen atoms in total. The standard InChI is InChI=1S/C25H30ClF2N3O5S/c26-20-22(24(33)29-16-7-8-17(27)18(28)10-16)31-9-3-1-2-4-19(31)23(20)37(35,36)30-21-14-5-6-15(21)12-25(34,11-14)13-32/h7-8,10,14-15,21,30,32,34H,1-6,9,11-13H2,(H,29,33). The summed E-state index contributed by atoms with van der Waals surface area (Å²) in [5.74, 6) is -3.14. The van der Waals surface area contributed by atoms with Gasteiger partial charge in [0, 0.05) is 30.0 Å². The number of aromatic nitrogens is 1. The van der Waals surface area contributed by atoms with Crippen molar-refractivity contribution in [1.82, 2.24) is 9.29 Å². The summed E-state index contributed by atoms with van der Waals surface area (Å²) in [6.45, 7) is 0.0258. The number of nitrogens with one attached hydrogen (secondary N) is 2. The molecule has 202 valence electrons. The first-order valence-electron chi connectivity index (χ1n) is 12.6. The van der Waals surface area contributed by atoms with Gasteiger partial charge in [-0.1, -0.05) is 18.0 Å². The Bertz CT molecular complexity index is 1320. The van der Waals surface area contributed by atoms with Crippen molar-refractivity contribution in [2.75, 3.05) is 11.9 Å². The number of hydrogen-bond acceptors (Lipinski definition) is 5. The topological polar surface area (TPSA) is 121 Å². The third-order valence-electron chi connectivity index (χ3n) is 8.02. The van der Waals surface area contributed by atoms with Crippen molar-refractivity contribution in [2.24, 2.45) is 11.8 Å².